The van der Waals surface area contributed by atoms with Gasteiger partial charge in [0.15, 0.2) is 5.82 Å². The van der Waals surface area contributed by atoms with E-state index in [0.717, 1.165) is 12.1 Å². The molecule has 0 aromatic heterocycles. The summed E-state index contributed by atoms with van der Waals surface area (Å²) >= 11 is 0. The standard InChI is InChI=1S/C12H18F2N2O3S/c1-7(2)5-8(17)6-16-20(18,19)10-4-3-9(13)12(15)11(10)14/h3-4,7-8,16-17H,5-6,15H2,1-2H3. The third kappa shape index (κ3) is 4.12. The minimum absolute atomic E-state index is 0.188. The molecule has 0 saturated heterocycles. The van der Waals surface area contributed by atoms with E-state index in [1.807, 2.05) is 13.8 Å². The van der Waals surface area contributed by atoms with Gasteiger partial charge in [0, 0.05) is 6.54 Å². The molecule has 0 aliphatic carbocycles. The Morgan fingerprint density at radius 3 is 2.50 bits per heavy atom. The van der Waals surface area contributed by atoms with Crippen molar-refractivity contribution in [3.05, 3.63) is 23.8 Å². The van der Waals surface area contributed by atoms with Gasteiger partial charge in [0.05, 0.1) is 6.10 Å². The number of halogens is 2. The van der Waals surface area contributed by atoms with E-state index in [9.17, 15) is 22.3 Å². The predicted octanol–water partition coefficient (Wildman–Crippen LogP) is 1.23. The van der Waals surface area contributed by atoms with E-state index in [1.165, 1.54) is 0 Å². The van der Waals surface area contributed by atoms with Crippen LogP contribution in [0.15, 0.2) is 17.0 Å². The summed E-state index contributed by atoms with van der Waals surface area (Å²) < 4.78 is 52.4. The number of hydrogen-bond acceptors (Lipinski definition) is 4. The highest BCUT2D eigenvalue weighted by Gasteiger charge is 2.23. The van der Waals surface area contributed by atoms with Gasteiger partial charge in [-0.05, 0) is 24.5 Å². The van der Waals surface area contributed by atoms with E-state index in [4.69, 9.17) is 5.73 Å². The minimum atomic E-state index is -4.19. The number of nitrogens with two attached hydrogens (primary N) is 1. The molecule has 0 amide bonds. The third-order valence-electron chi connectivity index (χ3n) is 2.63. The zero-order valence-electron chi connectivity index (χ0n) is 11.2. The first-order chi connectivity index (χ1) is 9.15. The van der Waals surface area contributed by atoms with Gasteiger partial charge in [0.1, 0.15) is 16.4 Å². The van der Waals surface area contributed by atoms with Crippen LogP contribution in [0.3, 0.4) is 0 Å². The van der Waals surface area contributed by atoms with Crippen LogP contribution in [0.25, 0.3) is 0 Å². The first-order valence-corrected chi connectivity index (χ1v) is 7.54. The van der Waals surface area contributed by atoms with Crippen LogP contribution in [0.2, 0.25) is 0 Å². The van der Waals surface area contributed by atoms with E-state index in [-0.39, 0.29) is 12.5 Å². The molecule has 0 aliphatic heterocycles. The highest BCUT2D eigenvalue weighted by molar-refractivity contribution is 7.89. The zero-order chi connectivity index (χ0) is 15.5. The number of aliphatic hydroxyl groups is 1. The lowest BCUT2D eigenvalue weighted by Gasteiger charge is -2.14. The lowest BCUT2D eigenvalue weighted by Crippen LogP contribution is -2.33. The van der Waals surface area contributed by atoms with Crippen molar-refractivity contribution in [3.8, 4) is 0 Å². The van der Waals surface area contributed by atoms with E-state index in [2.05, 4.69) is 4.72 Å². The number of nitrogens with one attached hydrogen (secondary N) is 1. The van der Waals surface area contributed by atoms with Gasteiger partial charge in [-0.15, -0.1) is 0 Å². The number of hydrogen-bond donors (Lipinski definition) is 3. The molecule has 8 heteroatoms. The lowest BCUT2D eigenvalue weighted by atomic mass is 10.1. The van der Waals surface area contributed by atoms with Crippen molar-refractivity contribution in [2.24, 2.45) is 5.92 Å². The van der Waals surface area contributed by atoms with Crippen molar-refractivity contribution < 1.29 is 22.3 Å². The predicted molar refractivity (Wildman–Crippen MR) is 71.4 cm³/mol. The van der Waals surface area contributed by atoms with Gasteiger partial charge in [0.25, 0.3) is 0 Å². The molecule has 5 nitrogen and oxygen atoms in total. The van der Waals surface area contributed by atoms with Gasteiger partial charge in [-0.1, -0.05) is 13.8 Å². The Hall–Kier alpha value is -1.25. The molecule has 1 atom stereocenters. The van der Waals surface area contributed by atoms with Gasteiger partial charge in [-0.2, -0.15) is 0 Å². The Bertz CT molecular complexity index is 576. The molecule has 4 N–H and O–H groups in total. The van der Waals surface area contributed by atoms with Crippen LogP contribution < -0.4 is 10.5 Å². The minimum Gasteiger partial charge on any atom is -0.394 e. The summed E-state index contributed by atoms with van der Waals surface area (Å²) in [5, 5.41) is 9.59. The summed E-state index contributed by atoms with van der Waals surface area (Å²) in [6.45, 7) is 3.49. The maximum absolute atomic E-state index is 13.6. The quantitative estimate of drug-likeness (QED) is 0.689. The average molecular weight is 308 g/mol. The zero-order valence-corrected chi connectivity index (χ0v) is 12.0. The van der Waals surface area contributed by atoms with Crippen molar-refractivity contribution in [3.63, 3.8) is 0 Å². The summed E-state index contributed by atoms with van der Waals surface area (Å²) in [5.41, 5.74) is 4.26. The van der Waals surface area contributed by atoms with Crippen LogP contribution in [-0.2, 0) is 10.0 Å². The maximum atomic E-state index is 13.6. The number of sulfonamides is 1. The topological polar surface area (TPSA) is 92.4 Å². The Balaban J connectivity index is 2.87. The first kappa shape index (κ1) is 16.8. The van der Waals surface area contributed by atoms with E-state index in [0.29, 0.717) is 6.42 Å². The molecule has 0 aliphatic rings. The van der Waals surface area contributed by atoms with Crippen molar-refractivity contribution >= 4 is 15.7 Å². The Labute approximate surface area is 116 Å². The van der Waals surface area contributed by atoms with E-state index < -0.39 is 38.3 Å². The van der Waals surface area contributed by atoms with Crippen LogP contribution in [0.5, 0.6) is 0 Å². The number of nitrogen functional groups attached to an aromatic ring is 1. The number of aliphatic hydroxyl groups excluding tert-OH is 1. The molecule has 0 saturated carbocycles. The molecular weight excluding hydrogens is 290 g/mol. The molecule has 114 valence electrons. The first-order valence-electron chi connectivity index (χ1n) is 6.06. The van der Waals surface area contributed by atoms with Gasteiger partial charge in [-0.3, -0.25) is 0 Å². The number of anilines is 1. The molecule has 0 spiro atoms. The van der Waals surface area contributed by atoms with Crippen LogP contribution in [0, 0.1) is 17.6 Å². The molecule has 1 aromatic carbocycles. The second-order valence-electron chi connectivity index (χ2n) is 4.91. The van der Waals surface area contributed by atoms with Gasteiger partial charge < -0.3 is 10.8 Å². The smallest absolute Gasteiger partial charge is 0.243 e. The highest BCUT2D eigenvalue weighted by Crippen LogP contribution is 2.22. The molecule has 1 unspecified atom stereocenters. The normalized spacial score (nSPS) is 13.7. The maximum Gasteiger partial charge on any atom is 0.243 e. The van der Waals surface area contributed by atoms with E-state index >= 15 is 0 Å². The summed E-state index contributed by atoms with van der Waals surface area (Å²) in [6.07, 6.45) is -0.484. The molecular formula is C12H18F2N2O3S. The monoisotopic (exact) mass is 308 g/mol. The second-order valence-corrected chi connectivity index (χ2v) is 6.64. The Kier molecular flexibility index (Phi) is 5.43. The Morgan fingerprint density at radius 2 is 1.95 bits per heavy atom. The van der Waals surface area contributed by atoms with Crippen molar-refractivity contribution in [1.29, 1.82) is 0 Å². The highest BCUT2D eigenvalue weighted by atomic mass is 32.2. The van der Waals surface area contributed by atoms with Crippen molar-refractivity contribution in [2.75, 3.05) is 12.3 Å². The largest absolute Gasteiger partial charge is 0.394 e. The SMILES string of the molecule is CC(C)CC(O)CNS(=O)(=O)c1ccc(F)c(N)c1F. The molecule has 1 rings (SSSR count). The molecule has 0 radical (unpaired) electrons. The van der Waals surface area contributed by atoms with Crippen molar-refractivity contribution in [1.82, 2.24) is 4.72 Å². The van der Waals surface area contributed by atoms with Crippen LogP contribution >= 0.6 is 0 Å². The number of rotatable bonds is 6. The molecule has 0 fully saturated rings. The molecule has 0 bridgehead atoms. The summed E-state index contributed by atoms with van der Waals surface area (Å²) in [5.74, 6) is -2.18. The lowest BCUT2D eigenvalue weighted by molar-refractivity contribution is 0.152. The molecule has 20 heavy (non-hydrogen) atoms. The van der Waals surface area contributed by atoms with Crippen LogP contribution in [-0.4, -0.2) is 26.2 Å². The van der Waals surface area contributed by atoms with Crippen LogP contribution in [0.1, 0.15) is 20.3 Å². The fourth-order valence-electron chi connectivity index (χ4n) is 1.67. The van der Waals surface area contributed by atoms with E-state index in [1.54, 1.807) is 0 Å². The summed E-state index contributed by atoms with van der Waals surface area (Å²) in [7, 11) is -4.19. The molecule has 1 aromatic rings. The fourth-order valence-corrected chi connectivity index (χ4v) is 2.83. The van der Waals surface area contributed by atoms with Crippen LogP contribution in [0.4, 0.5) is 14.5 Å². The second kappa shape index (κ2) is 6.47. The van der Waals surface area contributed by atoms with Gasteiger partial charge in [0.2, 0.25) is 10.0 Å². The van der Waals surface area contributed by atoms with Gasteiger partial charge >= 0.3 is 0 Å². The van der Waals surface area contributed by atoms with Gasteiger partial charge in [-0.25, -0.2) is 21.9 Å². The summed E-state index contributed by atoms with van der Waals surface area (Å²) in [4.78, 5) is -0.742. The summed E-state index contributed by atoms with van der Waals surface area (Å²) in [6, 6.07) is 1.57. The average Bonchev–Trinajstić information content (AvgIpc) is 2.32. The van der Waals surface area contributed by atoms with Crippen molar-refractivity contribution in [2.45, 2.75) is 31.3 Å². The number of benzene rings is 1. The third-order valence-corrected chi connectivity index (χ3v) is 4.07. The Morgan fingerprint density at radius 1 is 1.35 bits per heavy atom. The fraction of sp³-hybridized carbons (Fsp3) is 0.500. The molecule has 0 heterocycles.